The third-order valence-electron chi connectivity index (χ3n) is 1.66. The predicted octanol–water partition coefficient (Wildman–Crippen LogP) is 2.56. The molecule has 3 N–H and O–H groups in total. The van der Waals surface area contributed by atoms with Gasteiger partial charge in [-0.15, -0.1) is 0 Å². The van der Waals surface area contributed by atoms with E-state index in [1.165, 1.54) is 31.0 Å². The van der Waals surface area contributed by atoms with Crippen LogP contribution in [0.3, 0.4) is 0 Å². The Hall–Kier alpha value is -1.04. The summed E-state index contributed by atoms with van der Waals surface area (Å²) in [5.41, 5.74) is 5.46. The number of nitrogen functional groups attached to an aromatic ring is 1. The molecule has 0 atom stereocenters. The van der Waals surface area contributed by atoms with Crippen molar-refractivity contribution >= 4 is 23.7 Å². The zero-order chi connectivity index (χ0) is 12.9. The zero-order valence-corrected chi connectivity index (χ0v) is 11.8. The lowest BCUT2D eigenvalue weighted by molar-refractivity contribution is 0.622. The van der Waals surface area contributed by atoms with Crippen molar-refractivity contribution < 1.29 is 0 Å². The number of rotatable bonds is 2. The Bertz CT molecular complexity index is 357. The van der Waals surface area contributed by atoms with Gasteiger partial charge < -0.3 is 11.1 Å². The van der Waals surface area contributed by atoms with Gasteiger partial charge in [-0.3, -0.25) is 0 Å². The number of anilines is 2. The minimum atomic E-state index is -0.0799. The first-order chi connectivity index (χ1) is 7.90. The highest BCUT2D eigenvalue weighted by atomic mass is 32.2. The maximum Gasteiger partial charge on any atom is 0.228 e. The quantitative estimate of drug-likeness (QED) is 0.791. The average Bonchev–Trinajstić information content (AvgIpc) is 3.00. The largest absolute Gasteiger partial charge is 0.368 e. The maximum atomic E-state index is 5.54. The summed E-state index contributed by atoms with van der Waals surface area (Å²) < 4.78 is 0. The first kappa shape index (κ1) is 14.0. The summed E-state index contributed by atoms with van der Waals surface area (Å²) in [6.45, 7) is 6.10. The van der Waals surface area contributed by atoms with Gasteiger partial charge in [-0.05, 0) is 27.0 Å². The molecule has 1 aliphatic carbocycles. The molecule has 0 bridgehead atoms. The van der Waals surface area contributed by atoms with E-state index in [0.717, 1.165) is 0 Å². The van der Waals surface area contributed by atoms with Crippen LogP contribution in [0, 0.1) is 0 Å². The molecule has 1 aromatic rings. The van der Waals surface area contributed by atoms with E-state index in [1.807, 2.05) is 27.0 Å². The second kappa shape index (κ2) is 6.05. The Morgan fingerprint density at radius 1 is 1.12 bits per heavy atom. The Morgan fingerprint density at radius 2 is 1.71 bits per heavy atom. The maximum absolute atomic E-state index is 5.54. The van der Waals surface area contributed by atoms with E-state index in [2.05, 4.69) is 20.3 Å². The molecule has 0 amide bonds. The van der Waals surface area contributed by atoms with E-state index < -0.39 is 0 Å². The highest BCUT2D eigenvalue weighted by molar-refractivity contribution is 7.98. The highest BCUT2D eigenvalue weighted by Gasteiger charge is 2.12. The second-order valence-electron chi connectivity index (χ2n) is 4.94. The number of aromatic nitrogens is 3. The number of nitrogens with zero attached hydrogens (tertiary/aromatic N) is 3. The normalized spacial score (nSPS) is 13.6. The van der Waals surface area contributed by atoms with Gasteiger partial charge in [0.15, 0.2) is 5.16 Å². The number of hydrogen-bond donors (Lipinski definition) is 2. The van der Waals surface area contributed by atoms with Gasteiger partial charge in [0, 0.05) is 5.54 Å². The molecule has 1 saturated carbocycles. The third-order valence-corrected chi connectivity index (χ3v) is 2.20. The van der Waals surface area contributed by atoms with Crippen LogP contribution in [0.25, 0.3) is 0 Å². The van der Waals surface area contributed by atoms with Gasteiger partial charge in [-0.25, -0.2) is 0 Å². The van der Waals surface area contributed by atoms with Gasteiger partial charge in [0.2, 0.25) is 11.9 Å². The van der Waals surface area contributed by atoms with E-state index in [1.54, 1.807) is 0 Å². The van der Waals surface area contributed by atoms with Crippen molar-refractivity contribution in [2.24, 2.45) is 0 Å². The van der Waals surface area contributed by atoms with Crippen molar-refractivity contribution in [3.8, 4) is 0 Å². The Labute approximate surface area is 107 Å². The number of nitrogens with one attached hydrogen (secondary N) is 1. The van der Waals surface area contributed by atoms with Crippen molar-refractivity contribution in [3.05, 3.63) is 0 Å². The van der Waals surface area contributed by atoms with Crippen LogP contribution in [-0.2, 0) is 0 Å². The molecule has 17 heavy (non-hydrogen) atoms. The molecule has 1 heterocycles. The summed E-state index contributed by atoms with van der Waals surface area (Å²) in [4.78, 5) is 12.1. The molecule has 0 aliphatic heterocycles. The molecule has 1 aliphatic rings. The van der Waals surface area contributed by atoms with E-state index in [-0.39, 0.29) is 11.5 Å². The molecule has 1 fully saturated rings. The fraction of sp³-hybridized carbons (Fsp3) is 0.727. The van der Waals surface area contributed by atoms with Crippen molar-refractivity contribution in [3.63, 3.8) is 0 Å². The van der Waals surface area contributed by atoms with Crippen molar-refractivity contribution in [1.29, 1.82) is 0 Å². The van der Waals surface area contributed by atoms with Gasteiger partial charge in [0.1, 0.15) is 0 Å². The van der Waals surface area contributed by atoms with E-state index >= 15 is 0 Å². The molecule has 0 radical (unpaired) electrons. The van der Waals surface area contributed by atoms with Gasteiger partial charge in [0.25, 0.3) is 0 Å². The van der Waals surface area contributed by atoms with Gasteiger partial charge >= 0.3 is 0 Å². The molecule has 0 saturated heterocycles. The Balaban J connectivity index is 0.000000415. The summed E-state index contributed by atoms with van der Waals surface area (Å²) in [6, 6.07) is 0. The van der Waals surface area contributed by atoms with Crippen LogP contribution >= 0.6 is 11.8 Å². The number of hydrogen-bond acceptors (Lipinski definition) is 6. The number of thioether (sulfide) groups is 1. The molecular weight excluding hydrogens is 234 g/mol. The van der Waals surface area contributed by atoms with Crippen LogP contribution in [-0.4, -0.2) is 26.7 Å². The number of nitrogens with two attached hydrogens (primary N) is 1. The van der Waals surface area contributed by atoms with Crippen LogP contribution in [0.1, 0.15) is 40.0 Å². The first-order valence-electron chi connectivity index (χ1n) is 5.74. The van der Waals surface area contributed by atoms with E-state index in [4.69, 9.17) is 5.73 Å². The van der Waals surface area contributed by atoms with Gasteiger partial charge in [-0.2, -0.15) is 15.0 Å². The summed E-state index contributed by atoms with van der Waals surface area (Å²) in [5, 5.41) is 3.77. The van der Waals surface area contributed by atoms with E-state index in [0.29, 0.717) is 11.1 Å². The molecule has 96 valence electrons. The van der Waals surface area contributed by atoms with Crippen LogP contribution in [0.4, 0.5) is 11.9 Å². The first-order valence-corrected chi connectivity index (χ1v) is 6.97. The van der Waals surface area contributed by atoms with Crippen molar-refractivity contribution in [1.82, 2.24) is 15.0 Å². The summed E-state index contributed by atoms with van der Waals surface area (Å²) >= 11 is 1.44. The highest BCUT2D eigenvalue weighted by Crippen LogP contribution is 2.15. The minimum absolute atomic E-state index is 0.0799. The van der Waals surface area contributed by atoms with Crippen LogP contribution in [0.5, 0.6) is 0 Å². The smallest absolute Gasteiger partial charge is 0.228 e. The fourth-order valence-corrected chi connectivity index (χ4v) is 1.22. The fourth-order valence-electron chi connectivity index (χ4n) is 0.855. The third kappa shape index (κ3) is 6.99. The van der Waals surface area contributed by atoms with E-state index in [9.17, 15) is 0 Å². The molecule has 0 unspecified atom stereocenters. The Kier molecular flexibility index (Phi) is 4.99. The summed E-state index contributed by atoms with van der Waals surface area (Å²) in [6.07, 6.45) is 6.40. The molecule has 0 aromatic carbocycles. The second-order valence-corrected chi connectivity index (χ2v) is 5.71. The summed E-state index contributed by atoms with van der Waals surface area (Å²) in [7, 11) is 0. The SMILES string of the molecule is C1CC1.CSc1nc(N)nc(NC(C)(C)C)n1. The molecular formula is C11H21N5S. The van der Waals surface area contributed by atoms with Crippen LogP contribution in [0.15, 0.2) is 5.16 Å². The van der Waals surface area contributed by atoms with Crippen molar-refractivity contribution in [2.75, 3.05) is 17.3 Å². The summed E-state index contributed by atoms with van der Waals surface area (Å²) in [5.74, 6) is 0.769. The van der Waals surface area contributed by atoms with Gasteiger partial charge in [0.05, 0.1) is 0 Å². The molecule has 1 aromatic heterocycles. The lowest BCUT2D eigenvalue weighted by atomic mass is 10.1. The molecule has 5 nitrogen and oxygen atoms in total. The van der Waals surface area contributed by atoms with Crippen LogP contribution in [0.2, 0.25) is 0 Å². The van der Waals surface area contributed by atoms with Crippen molar-refractivity contribution in [2.45, 2.75) is 50.7 Å². The van der Waals surface area contributed by atoms with Gasteiger partial charge in [-0.1, -0.05) is 31.0 Å². The average molecular weight is 255 g/mol. The lowest BCUT2D eigenvalue weighted by Crippen LogP contribution is -2.27. The molecule has 0 spiro atoms. The van der Waals surface area contributed by atoms with Crippen LogP contribution < -0.4 is 11.1 Å². The minimum Gasteiger partial charge on any atom is -0.368 e. The lowest BCUT2D eigenvalue weighted by Gasteiger charge is -2.20. The zero-order valence-electron chi connectivity index (χ0n) is 10.9. The molecule has 6 heteroatoms. The Morgan fingerprint density at radius 3 is 2.12 bits per heavy atom. The standard InChI is InChI=1S/C8H15N5S.C3H6/c1-8(2,3)13-6-10-5(9)11-7(12-6)14-4;1-2-3-1/h1-4H3,(H3,9,10,11,12,13);1-3H2. The predicted molar refractivity (Wildman–Crippen MR) is 73.2 cm³/mol. The monoisotopic (exact) mass is 255 g/mol. The topological polar surface area (TPSA) is 76.7 Å². The molecule has 2 rings (SSSR count).